The molecule has 0 atom stereocenters. The molecule has 2 aromatic rings. The molecule has 1 aromatic heterocycles. The van der Waals surface area contributed by atoms with Crippen LogP contribution in [0.5, 0.6) is 0 Å². The summed E-state index contributed by atoms with van der Waals surface area (Å²) in [4.78, 5) is 3.08. The molecule has 0 amide bonds. The zero-order valence-corrected chi connectivity index (χ0v) is 8.31. The van der Waals surface area contributed by atoms with Crippen LogP contribution in [-0.4, -0.2) is 11.5 Å². The van der Waals surface area contributed by atoms with Gasteiger partial charge in [0.2, 0.25) is 0 Å². The van der Waals surface area contributed by atoms with Crippen LogP contribution in [0.4, 0.5) is 4.39 Å². The van der Waals surface area contributed by atoms with E-state index < -0.39 is 0 Å². The summed E-state index contributed by atoms with van der Waals surface area (Å²) in [7, 11) is 0. The lowest BCUT2D eigenvalue weighted by atomic mass is 10.1. The molecule has 0 aliphatic rings. The SMILES string of the molecule is NCCc1c[nH]c2ccc(F)cc12.[Cl]. The molecule has 0 aliphatic carbocycles. The van der Waals surface area contributed by atoms with E-state index in [9.17, 15) is 4.39 Å². The molecular formula is C10H11ClFN2. The van der Waals surface area contributed by atoms with Crippen molar-refractivity contribution in [2.75, 3.05) is 6.54 Å². The van der Waals surface area contributed by atoms with E-state index in [1.54, 1.807) is 6.07 Å². The molecule has 1 aromatic carbocycles. The fourth-order valence-corrected chi connectivity index (χ4v) is 1.51. The maximum absolute atomic E-state index is 12.9. The summed E-state index contributed by atoms with van der Waals surface area (Å²) in [5, 5.41) is 0.936. The van der Waals surface area contributed by atoms with Gasteiger partial charge in [-0.3, -0.25) is 0 Å². The van der Waals surface area contributed by atoms with E-state index in [-0.39, 0.29) is 18.2 Å². The minimum absolute atomic E-state index is 0. The van der Waals surface area contributed by atoms with Gasteiger partial charge in [-0.1, -0.05) is 0 Å². The lowest BCUT2D eigenvalue weighted by Gasteiger charge is -1.95. The summed E-state index contributed by atoms with van der Waals surface area (Å²) in [6, 6.07) is 4.73. The van der Waals surface area contributed by atoms with Crippen LogP contribution in [0.3, 0.4) is 0 Å². The molecule has 1 heterocycles. The van der Waals surface area contributed by atoms with Gasteiger partial charge >= 0.3 is 0 Å². The van der Waals surface area contributed by atoms with Crippen LogP contribution in [0.25, 0.3) is 10.9 Å². The van der Waals surface area contributed by atoms with Crippen molar-refractivity contribution in [1.29, 1.82) is 0 Å². The molecule has 0 spiro atoms. The van der Waals surface area contributed by atoms with Crippen molar-refractivity contribution >= 4 is 23.3 Å². The average molecular weight is 214 g/mol. The topological polar surface area (TPSA) is 41.8 Å². The molecule has 3 N–H and O–H groups in total. The lowest BCUT2D eigenvalue weighted by molar-refractivity contribution is 0.629. The number of rotatable bonds is 2. The van der Waals surface area contributed by atoms with Crippen molar-refractivity contribution in [3.63, 3.8) is 0 Å². The average Bonchev–Trinajstić information content (AvgIpc) is 2.49. The molecule has 0 fully saturated rings. The van der Waals surface area contributed by atoms with E-state index in [4.69, 9.17) is 5.73 Å². The molecular weight excluding hydrogens is 203 g/mol. The molecule has 14 heavy (non-hydrogen) atoms. The van der Waals surface area contributed by atoms with E-state index in [0.29, 0.717) is 6.54 Å². The summed E-state index contributed by atoms with van der Waals surface area (Å²) in [6.07, 6.45) is 2.67. The van der Waals surface area contributed by atoms with Gasteiger partial charge in [0.25, 0.3) is 0 Å². The molecule has 0 aliphatic heterocycles. The summed E-state index contributed by atoms with van der Waals surface area (Å²) in [6.45, 7) is 0.587. The third kappa shape index (κ3) is 1.89. The number of fused-ring (bicyclic) bond motifs is 1. The van der Waals surface area contributed by atoms with Gasteiger partial charge in [-0.25, -0.2) is 4.39 Å². The van der Waals surface area contributed by atoms with Gasteiger partial charge in [0.15, 0.2) is 0 Å². The molecule has 0 saturated carbocycles. The van der Waals surface area contributed by atoms with Crippen LogP contribution >= 0.6 is 12.4 Å². The van der Waals surface area contributed by atoms with Gasteiger partial charge in [0.1, 0.15) is 5.82 Å². The van der Waals surface area contributed by atoms with Gasteiger partial charge in [0, 0.05) is 29.5 Å². The fraction of sp³-hybridized carbons (Fsp3) is 0.200. The molecule has 0 saturated heterocycles. The highest BCUT2D eigenvalue weighted by atomic mass is 35.5. The molecule has 2 nitrogen and oxygen atoms in total. The molecule has 0 unspecified atom stereocenters. The number of nitrogens with two attached hydrogens (primary N) is 1. The van der Waals surface area contributed by atoms with Gasteiger partial charge < -0.3 is 10.7 Å². The summed E-state index contributed by atoms with van der Waals surface area (Å²) in [5.41, 5.74) is 7.48. The number of halogens is 2. The number of aromatic nitrogens is 1. The second-order valence-electron chi connectivity index (χ2n) is 3.04. The van der Waals surface area contributed by atoms with E-state index in [1.165, 1.54) is 12.1 Å². The molecule has 0 bridgehead atoms. The highest BCUT2D eigenvalue weighted by Crippen LogP contribution is 2.19. The number of nitrogens with one attached hydrogen (secondary N) is 1. The van der Waals surface area contributed by atoms with Gasteiger partial charge in [-0.2, -0.15) is 0 Å². The van der Waals surface area contributed by atoms with Crippen LogP contribution in [0.1, 0.15) is 5.56 Å². The highest BCUT2D eigenvalue weighted by molar-refractivity contribution is 5.85. The zero-order valence-electron chi connectivity index (χ0n) is 7.56. The first-order chi connectivity index (χ1) is 6.31. The first-order valence-corrected chi connectivity index (χ1v) is 4.27. The number of hydrogen-bond donors (Lipinski definition) is 2. The van der Waals surface area contributed by atoms with E-state index in [1.807, 2.05) is 6.20 Å². The second-order valence-corrected chi connectivity index (χ2v) is 3.04. The van der Waals surface area contributed by atoms with Crippen molar-refractivity contribution in [1.82, 2.24) is 4.98 Å². The van der Waals surface area contributed by atoms with Crippen LogP contribution in [0.2, 0.25) is 0 Å². The molecule has 4 heteroatoms. The number of H-pyrrole nitrogens is 1. The minimum Gasteiger partial charge on any atom is -0.361 e. The van der Waals surface area contributed by atoms with Crippen LogP contribution in [0, 0.1) is 5.82 Å². The van der Waals surface area contributed by atoms with Crippen LogP contribution in [0.15, 0.2) is 24.4 Å². The lowest BCUT2D eigenvalue weighted by Crippen LogP contribution is -2.01. The maximum atomic E-state index is 12.9. The Morgan fingerprint density at radius 1 is 1.36 bits per heavy atom. The smallest absolute Gasteiger partial charge is 0.123 e. The zero-order chi connectivity index (χ0) is 9.26. The Hall–Kier alpha value is -1.06. The van der Waals surface area contributed by atoms with Gasteiger partial charge in [-0.15, -0.1) is 0 Å². The van der Waals surface area contributed by atoms with Gasteiger partial charge in [0.05, 0.1) is 0 Å². The number of hydrogen-bond acceptors (Lipinski definition) is 1. The van der Waals surface area contributed by atoms with Crippen molar-refractivity contribution in [3.05, 3.63) is 35.8 Å². The quantitative estimate of drug-likeness (QED) is 0.791. The Kier molecular flexibility index (Phi) is 3.49. The summed E-state index contributed by atoms with van der Waals surface area (Å²) < 4.78 is 12.9. The monoisotopic (exact) mass is 213 g/mol. The largest absolute Gasteiger partial charge is 0.361 e. The van der Waals surface area contributed by atoms with Crippen molar-refractivity contribution < 1.29 is 4.39 Å². The standard InChI is InChI=1S/C10H11FN2.Cl/c11-8-1-2-10-9(5-8)7(3-4-12)6-13-10;/h1-2,5-6,13H,3-4,12H2;. The van der Waals surface area contributed by atoms with E-state index in [2.05, 4.69) is 4.98 Å². The Bertz CT molecular complexity index is 425. The Morgan fingerprint density at radius 3 is 2.86 bits per heavy atom. The molecule has 2 rings (SSSR count). The molecule has 1 radical (unpaired) electrons. The predicted molar refractivity (Wildman–Crippen MR) is 56.9 cm³/mol. The number of benzene rings is 1. The highest BCUT2D eigenvalue weighted by Gasteiger charge is 2.03. The summed E-state index contributed by atoms with van der Waals surface area (Å²) in [5.74, 6) is -0.203. The number of aromatic amines is 1. The minimum atomic E-state index is -0.203. The predicted octanol–water partition coefficient (Wildman–Crippen LogP) is 2.50. The Labute approximate surface area is 87.7 Å². The van der Waals surface area contributed by atoms with Crippen molar-refractivity contribution in [2.45, 2.75) is 6.42 Å². The Morgan fingerprint density at radius 2 is 2.14 bits per heavy atom. The third-order valence-electron chi connectivity index (χ3n) is 2.14. The second kappa shape index (κ2) is 4.44. The fourth-order valence-electron chi connectivity index (χ4n) is 1.51. The van der Waals surface area contributed by atoms with Crippen LogP contribution < -0.4 is 5.73 Å². The maximum Gasteiger partial charge on any atom is 0.123 e. The van der Waals surface area contributed by atoms with Crippen molar-refractivity contribution in [2.24, 2.45) is 5.73 Å². The first kappa shape index (κ1) is 11.0. The Balaban J connectivity index is 0.000000980. The summed E-state index contributed by atoms with van der Waals surface area (Å²) >= 11 is 0. The van der Waals surface area contributed by atoms with E-state index >= 15 is 0 Å². The van der Waals surface area contributed by atoms with Crippen molar-refractivity contribution in [3.8, 4) is 0 Å². The van der Waals surface area contributed by atoms with Crippen LogP contribution in [-0.2, 0) is 6.42 Å². The van der Waals surface area contributed by atoms with Gasteiger partial charge in [-0.05, 0) is 36.7 Å². The third-order valence-corrected chi connectivity index (χ3v) is 2.14. The first-order valence-electron chi connectivity index (χ1n) is 4.27. The molecule has 75 valence electrons. The normalized spacial score (nSPS) is 10.1. The van der Waals surface area contributed by atoms with E-state index in [0.717, 1.165) is 22.9 Å².